The van der Waals surface area contributed by atoms with Crippen LogP contribution in [0, 0.1) is 5.92 Å². The Morgan fingerprint density at radius 1 is 1.33 bits per heavy atom. The topological polar surface area (TPSA) is 106 Å². The lowest BCUT2D eigenvalue weighted by Gasteiger charge is -2.18. The molecule has 2 aromatic heterocycles. The number of hydrogen-bond acceptors (Lipinski definition) is 6. The fourth-order valence-corrected chi connectivity index (χ4v) is 2.59. The van der Waals surface area contributed by atoms with Crippen LogP contribution in [0.15, 0.2) is 26.4 Å². The summed E-state index contributed by atoms with van der Waals surface area (Å²) in [7, 11) is 0. The van der Waals surface area contributed by atoms with E-state index < -0.39 is 5.76 Å². The van der Waals surface area contributed by atoms with Gasteiger partial charge in [0.05, 0.1) is 5.56 Å². The van der Waals surface area contributed by atoms with Crippen LogP contribution in [0.3, 0.4) is 0 Å². The van der Waals surface area contributed by atoms with Crippen molar-refractivity contribution in [2.75, 3.05) is 13.1 Å². The zero-order valence-corrected chi connectivity index (χ0v) is 14.2. The predicted molar refractivity (Wildman–Crippen MR) is 90.8 cm³/mol. The molecule has 8 heteroatoms. The maximum atomic E-state index is 12.6. The van der Waals surface area contributed by atoms with E-state index in [0.717, 1.165) is 38.8 Å². The van der Waals surface area contributed by atoms with Gasteiger partial charge in [0.1, 0.15) is 0 Å². The number of rotatable bonds is 10. The summed E-state index contributed by atoms with van der Waals surface area (Å²) in [6.07, 6.45) is 5.89. The lowest BCUT2D eigenvalue weighted by atomic mass is 10.0. The Kier molecular flexibility index (Phi) is 6.92. The summed E-state index contributed by atoms with van der Waals surface area (Å²) in [5.41, 5.74) is 0.00523. The Labute approximate surface area is 140 Å². The van der Waals surface area contributed by atoms with E-state index in [1.807, 2.05) is 0 Å². The SMILES string of the molecule is CCCCC(CNCCC)Cn1nccc(-c2noc(=O)[nH]2)c1=O. The first-order valence-corrected chi connectivity index (χ1v) is 8.48. The molecule has 0 radical (unpaired) electrons. The molecular weight excluding hydrogens is 310 g/mol. The van der Waals surface area contributed by atoms with Gasteiger partial charge in [-0.1, -0.05) is 31.8 Å². The third-order valence-electron chi connectivity index (χ3n) is 3.86. The summed E-state index contributed by atoms with van der Waals surface area (Å²) in [5.74, 6) is -0.221. The molecule has 0 saturated carbocycles. The molecule has 2 aromatic rings. The van der Waals surface area contributed by atoms with Crippen LogP contribution in [-0.4, -0.2) is 33.0 Å². The molecule has 2 N–H and O–H groups in total. The van der Waals surface area contributed by atoms with E-state index >= 15 is 0 Å². The third-order valence-corrected chi connectivity index (χ3v) is 3.86. The van der Waals surface area contributed by atoms with Crippen LogP contribution in [0.25, 0.3) is 11.4 Å². The number of unbranched alkanes of at least 4 members (excludes halogenated alkanes) is 1. The lowest BCUT2D eigenvalue weighted by Crippen LogP contribution is -2.32. The number of nitrogens with zero attached hydrogens (tertiary/aromatic N) is 3. The largest absolute Gasteiger partial charge is 0.439 e. The van der Waals surface area contributed by atoms with Crippen molar-refractivity contribution in [3.63, 3.8) is 0 Å². The zero-order valence-electron chi connectivity index (χ0n) is 14.2. The molecular formula is C16H25N5O3. The number of aromatic nitrogens is 4. The quantitative estimate of drug-likeness (QED) is 0.636. The smallest absolute Gasteiger partial charge is 0.316 e. The van der Waals surface area contributed by atoms with Crippen molar-refractivity contribution in [2.45, 2.75) is 46.1 Å². The summed E-state index contributed by atoms with van der Waals surface area (Å²) in [4.78, 5) is 26.1. The Hall–Kier alpha value is -2.22. The molecule has 1 unspecified atom stereocenters. The standard InChI is InChI=1S/C16H25N5O3/c1-3-5-6-12(10-17-8-4-2)11-21-15(22)13(7-9-18-21)14-19-16(23)24-20-14/h7,9,12,17H,3-6,8,10-11H2,1-2H3,(H,19,20,23). The van der Waals surface area contributed by atoms with Gasteiger partial charge < -0.3 is 5.32 Å². The van der Waals surface area contributed by atoms with Gasteiger partial charge in [0.25, 0.3) is 5.56 Å². The van der Waals surface area contributed by atoms with Gasteiger partial charge in [-0.05, 0) is 37.9 Å². The highest BCUT2D eigenvalue weighted by molar-refractivity contribution is 5.51. The van der Waals surface area contributed by atoms with E-state index in [0.29, 0.717) is 12.5 Å². The van der Waals surface area contributed by atoms with Crippen LogP contribution in [0.4, 0.5) is 0 Å². The molecule has 0 bridgehead atoms. The average molecular weight is 335 g/mol. The van der Waals surface area contributed by atoms with Gasteiger partial charge in [0, 0.05) is 12.7 Å². The first kappa shape index (κ1) is 18.1. The van der Waals surface area contributed by atoms with Crippen molar-refractivity contribution in [3.05, 3.63) is 33.2 Å². The lowest BCUT2D eigenvalue weighted by molar-refractivity contribution is 0.355. The summed E-state index contributed by atoms with van der Waals surface area (Å²) >= 11 is 0. The summed E-state index contributed by atoms with van der Waals surface area (Å²) in [6.45, 7) is 6.63. The number of hydrogen-bond donors (Lipinski definition) is 2. The van der Waals surface area contributed by atoms with Crippen molar-refractivity contribution >= 4 is 0 Å². The molecule has 0 amide bonds. The molecule has 2 rings (SSSR count). The van der Waals surface area contributed by atoms with E-state index in [1.54, 1.807) is 6.20 Å². The molecule has 0 saturated heterocycles. The second-order valence-electron chi connectivity index (χ2n) is 5.89. The van der Waals surface area contributed by atoms with Gasteiger partial charge in [-0.3, -0.25) is 14.3 Å². The fraction of sp³-hybridized carbons (Fsp3) is 0.625. The van der Waals surface area contributed by atoms with Crippen LogP contribution < -0.4 is 16.6 Å². The highest BCUT2D eigenvalue weighted by Gasteiger charge is 2.15. The average Bonchev–Trinajstić information content (AvgIpc) is 3.00. The summed E-state index contributed by atoms with van der Waals surface area (Å²) in [5, 5.41) is 11.2. The van der Waals surface area contributed by atoms with Crippen LogP contribution in [-0.2, 0) is 6.54 Å². The molecule has 0 fully saturated rings. The first-order chi connectivity index (χ1) is 11.7. The minimum absolute atomic E-state index is 0.135. The van der Waals surface area contributed by atoms with Crippen LogP contribution >= 0.6 is 0 Å². The van der Waals surface area contributed by atoms with Crippen molar-refractivity contribution in [1.29, 1.82) is 0 Å². The Morgan fingerprint density at radius 3 is 2.83 bits per heavy atom. The minimum Gasteiger partial charge on any atom is -0.316 e. The van der Waals surface area contributed by atoms with E-state index in [-0.39, 0.29) is 16.9 Å². The van der Waals surface area contributed by atoms with Gasteiger partial charge in [0.15, 0.2) is 5.82 Å². The Bertz CT molecular complexity index is 734. The molecule has 24 heavy (non-hydrogen) atoms. The molecule has 132 valence electrons. The van der Waals surface area contributed by atoms with Gasteiger partial charge in [-0.15, -0.1) is 0 Å². The van der Waals surface area contributed by atoms with Crippen molar-refractivity contribution < 1.29 is 4.52 Å². The highest BCUT2D eigenvalue weighted by atomic mass is 16.5. The molecule has 0 aliphatic heterocycles. The summed E-state index contributed by atoms with van der Waals surface area (Å²) in [6, 6.07) is 1.53. The number of nitrogens with one attached hydrogen (secondary N) is 2. The van der Waals surface area contributed by atoms with Gasteiger partial charge >= 0.3 is 5.76 Å². The molecule has 0 spiro atoms. The maximum Gasteiger partial charge on any atom is 0.439 e. The normalized spacial score (nSPS) is 12.4. The van der Waals surface area contributed by atoms with Gasteiger partial charge in [-0.25, -0.2) is 9.48 Å². The minimum atomic E-state index is -0.683. The molecule has 0 aromatic carbocycles. The van der Waals surface area contributed by atoms with Gasteiger partial charge in [0.2, 0.25) is 0 Å². The molecule has 1 atom stereocenters. The van der Waals surface area contributed by atoms with E-state index in [4.69, 9.17) is 0 Å². The monoisotopic (exact) mass is 335 g/mol. The van der Waals surface area contributed by atoms with Gasteiger partial charge in [-0.2, -0.15) is 5.10 Å². The second kappa shape index (κ2) is 9.17. The van der Waals surface area contributed by atoms with Crippen LogP contribution in [0.2, 0.25) is 0 Å². The summed E-state index contributed by atoms with van der Waals surface area (Å²) < 4.78 is 5.91. The Morgan fingerprint density at radius 2 is 2.17 bits per heavy atom. The highest BCUT2D eigenvalue weighted by Crippen LogP contribution is 2.11. The van der Waals surface area contributed by atoms with Crippen LogP contribution in [0.5, 0.6) is 0 Å². The van der Waals surface area contributed by atoms with Crippen molar-refractivity contribution in [3.8, 4) is 11.4 Å². The first-order valence-electron chi connectivity index (χ1n) is 8.48. The van der Waals surface area contributed by atoms with Crippen LogP contribution in [0.1, 0.15) is 39.5 Å². The predicted octanol–water partition coefficient (Wildman–Crippen LogP) is 1.39. The number of H-pyrrole nitrogens is 1. The molecule has 0 aliphatic rings. The third kappa shape index (κ3) is 4.89. The van der Waals surface area contributed by atoms with E-state index in [9.17, 15) is 9.59 Å². The number of aromatic amines is 1. The molecule has 8 nitrogen and oxygen atoms in total. The Balaban J connectivity index is 2.17. The fourth-order valence-electron chi connectivity index (χ4n) is 2.59. The zero-order chi connectivity index (χ0) is 17.4. The second-order valence-corrected chi connectivity index (χ2v) is 5.89. The van der Waals surface area contributed by atoms with Crippen molar-refractivity contribution in [1.82, 2.24) is 25.2 Å². The van der Waals surface area contributed by atoms with Crippen molar-refractivity contribution in [2.24, 2.45) is 5.92 Å². The molecule has 2 heterocycles. The van der Waals surface area contributed by atoms with E-state index in [2.05, 4.69) is 38.9 Å². The molecule has 0 aliphatic carbocycles. The van der Waals surface area contributed by atoms with E-state index in [1.165, 1.54) is 10.7 Å². The maximum absolute atomic E-state index is 12.6.